The van der Waals surface area contributed by atoms with Gasteiger partial charge in [0.15, 0.2) is 5.82 Å². The van der Waals surface area contributed by atoms with E-state index in [1.165, 1.54) is 12.8 Å². The summed E-state index contributed by atoms with van der Waals surface area (Å²) in [5.74, 6) is 2.98. The highest BCUT2D eigenvalue weighted by molar-refractivity contribution is 5.95. The lowest BCUT2D eigenvalue weighted by atomic mass is 9.53. The largest absolute Gasteiger partial charge is 0.444 e. The molecule has 0 spiro atoms. The fourth-order valence-electron chi connectivity index (χ4n) is 7.04. The summed E-state index contributed by atoms with van der Waals surface area (Å²) >= 11 is 0. The topological polar surface area (TPSA) is 104 Å². The number of anilines is 1. The number of carbonyl (C=O) groups is 1. The first-order valence-corrected chi connectivity index (χ1v) is 14.8. The fraction of sp³-hybridized carbons (Fsp3) is 0.613. The van der Waals surface area contributed by atoms with Gasteiger partial charge in [-0.2, -0.15) is 4.98 Å². The number of oxazole rings is 1. The quantitative estimate of drug-likeness (QED) is 0.332. The number of methoxy groups -OCH3 is 1. The molecule has 1 aromatic carbocycles. The first kappa shape index (κ1) is 25.9. The smallest absolute Gasteiger partial charge is 0.232 e. The monoisotopic (exact) mass is 546 g/mol. The Kier molecular flexibility index (Phi) is 6.74. The van der Waals surface area contributed by atoms with Crippen LogP contribution in [0.1, 0.15) is 87.5 Å². The van der Waals surface area contributed by atoms with Crippen LogP contribution in [0.5, 0.6) is 0 Å². The predicted octanol–water partition coefficient (Wildman–Crippen LogP) is 5.80. The van der Waals surface area contributed by atoms with Crippen LogP contribution in [-0.4, -0.2) is 47.9 Å². The molecule has 4 aliphatic carbocycles. The van der Waals surface area contributed by atoms with Gasteiger partial charge in [0.2, 0.25) is 17.7 Å². The molecule has 40 heavy (non-hydrogen) atoms. The van der Waals surface area contributed by atoms with Gasteiger partial charge < -0.3 is 23.3 Å². The molecular formula is C31H38N4O5. The summed E-state index contributed by atoms with van der Waals surface area (Å²) in [7, 11) is 1.64. The summed E-state index contributed by atoms with van der Waals surface area (Å²) in [6.45, 7) is 2.40. The number of carbonyl (C=O) groups excluding carboxylic acids is 1. The van der Waals surface area contributed by atoms with Gasteiger partial charge >= 0.3 is 0 Å². The Morgan fingerprint density at radius 3 is 2.55 bits per heavy atom. The van der Waals surface area contributed by atoms with Crippen molar-refractivity contribution in [2.45, 2.75) is 82.1 Å². The highest BCUT2D eigenvalue weighted by Crippen LogP contribution is 2.58. The first-order chi connectivity index (χ1) is 19.6. The minimum atomic E-state index is -0.0191. The number of aromatic nitrogens is 3. The standard InChI is InChI=1S/C31H38N4O5/c1-37-18-24-19-39-27(32-24)23-3-2-4-25(17-23)35(28(36)22-7-15-38-16-8-22)20-30-9-12-31(13-10-30,14-11-30)29-33-26(34-40-29)21-5-6-21/h2-4,17,19,21-22H,5-16,18,20H2,1H3. The average Bonchev–Trinajstić information content (AvgIpc) is 3.53. The Bertz CT molecular complexity index is 1330. The minimum Gasteiger partial charge on any atom is -0.444 e. The maximum atomic E-state index is 14.1. The number of benzene rings is 1. The number of rotatable bonds is 9. The van der Waals surface area contributed by atoms with Crippen LogP contribution < -0.4 is 4.90 Å². The number of nitrogens with zero attached hydrogens (tertiary/aromatic N) is 4. The summed E-state index contributed by atoms with van der Waals surface area (Å²) in [6, 6.07) is 8.07. The van der Waals surface area contributed by atoms with Crippen molar-refractivity contribution in [3.05, 3.63) is 47.9 Å². The van der Waals surface area contributed by atoms with Crippen molar-refractivity contribution >= 4 is 11.6 Å². The highest BCUT2D eigenvalue weighted by atomic mass is 16.5. The van der Waals surface area contributed by atoms with Crippen LogP contribution in [0.15, 0.2) is 39.5 Å². The second-order valence-electron chi connectivity index (χ2n) is 12.5. The molecule has 4 saturated carbocycles. The molecule has 212 valence electrons. The van der Waals surface area contributed by atoms with Gasteiger partial charge in [0, 0.05) is 55.4 Å². The summed E-state index contributed by atoms with van der Waals surface area (Å²) in [6.07, 6.45) is 11.8. The van der Waals surface area contributed by atoms with E-state index in [1.807, 2.05) is 24.3 Å². The Labute approximate surface area is 234 Å². The number of amides is 1. The molecule has 1 aliphatic heterocycles. The van der Waals surface area contributed by atoms with Gasteiger partial charge in [0.1, 0.15) is 12.0 Å². The van der Waals surface area contributed by atoms with E-state index in [9.17, 15) is 4.79 Å². The Hall–Kier alpha value is -3.04. The summed E-state index contributed by atoms with van der Waals surface area (Å²) in [5, 5.41) is 4.32. The second-order valence-corrected chi connectivity index (χ2v) is 12.5. The zero-order chi connectivity index (χ0) is 27.2. The van der Waals surface area contributed by atoms with E-state index in [2.05, 4.69) is 15.0 Å². The predicted molar refractivity (Wildman–Crippen MR) is 147 cm³/mol. The minimum absolute atomic E-state index is 0.00220. The Balaban J connectivity index is 1.14. The van der Waals surface area contributed by atoms with Crippen LogP contribution in [0.2, 0.25) is 0 Å². The van der Waals surface area contributed by atoms with Gasteiger partial charge in [-0.05, 0) is 87.8 Å². The SMILES string of the molecule is COCc1coc(-c2cccc(N(CC34CCC(c5nc(C6CC6)no5)(CC3)CC4)C(=O)C3CCOCC3)c2)n1. The van der Waals surface area contributed by atoms with E-state index in [0.717, 1.165) is 86.6 Å². The molecule has 1 amide bonds. The maximum Gasteiger partial charge on any atom is 0.232 e. The summed E-state index contributed by atoms with van der Waals surface area (Å²) in [4.78, 5) is 25.6. The van der Waals surface area contributed by atoms with Crippen LogP contribution in [-0.2, 0) is 26.3 Å². The molecule has 9 heteroatoms. The van der Waals surface area contributed by atoms with E-state index in [0.29, 0.717) is 31.6 Å². The van der Waals surface area contributed by atoms with Gasteiger partial charge in [0.25, 0.3) is 0 Å². The van der Waals surface area contributed by atoms with Gasteiger partial charge in [-0.1, -0.05) is 11.2 Å². The number of fused-ring (bicyclic) bond motifs is 3. The van der Waals surface area contributed by atoms with Gasteiger partial charge in [-0.3, -0.25) is 4.79 Å². The van der Waals surface area contributed by atoms with Crippen LogP contribution >= 0.6 is 0 Å². The van der Waals surface area contributed by atoms with E-state index < -0.39 is 0 Å². The highest BCUT2D eigenvalue weighted by Gasteiger charge is 2.53. The lowest BCUT2D eigenvalue weighted by Crippen LogP contribution is -2.52. The average molecular weight is 547 g/mol. The molecule has 0 unspecified atom stereocenters. The molecule has 9 nitrogen and oxygen atoms in total. The molecule has 0 N–H and O–H groups in total. The number of hydrogen-bond acceptors (Lipinski definition) is 8. The Morgan fingerprint density at radius 1 is 1.05 bits per heavy atom. The molecule has 0 radical (unpaired) electrons. The first-order valence-electron chi connectivity index (χ1n) is 14.8. The third-order valence-electron chi connectivity index (χ3n) is 9.82. The summed E-state index contributed by atoms with van der Waals surface area (Å²) in [5.41, 5.74) is 2.60. The molecule has 5 fully saturated rings. The van der Waals surface area contributed by atoms with Crippen molar-refractivity contribution in [2.75, 3.05) is 31.8 Å². The normalized spacial score (nSPS) is 26.7. The molecular weight excluding hydrogens is 508 g/mol. The van der Waals surface area contributed by atoms with Crippen LogP contribution in [0.4, 0.5) is 5.69 Å². The lowest BCUT2D eigenvalue weighted by molar-refractivity contribution is -0.126. The molecule has 8 rings (SSSR count). The van der Waals surface area contributed by atoms with E-state index in [4.69, 9.17) is 23.4 Å². The van der Waals surface area contributed by atoms with Crippen molar-refractivity contribution < 1.29 is 23.2 Å². The molecule has 0 atom stereocenters. The maximum absolute atomic E-state index is 14.1. The van der Waals surface area contributed by atoms with E-state index in [1.54, 1.807) is 13.4 Å². The van der Waals surface area contributed by atoms with Gasteiger partial charge in [-0.25, -0.2) is 4.98 Å². The summed E-state index contributed by atoms with van der Waals surface area (Å²) < 4.78 is 22.4. The third-order valence-corrected chi connectivity index (χ3v) is 9.82. The van der Waals surface area contributed by atoms with Crippen LogP contribution in [0.25, 0.3) is 11.5 Å². The van der Waals surface area contributed by atoms with Crippen molar-refractivity contribution in [3.63, 3.8) is 0 Å². The van der Waals surface area contributed by atoms with Gasteiger partial charge in [0.05, 0.1) is 6.61 Å². The van der Waals surface area contributed by atoms with Crippen molar-refractivity contribution in [1.82, 2.24) is 15.1 Å². The van der Waals surface area contributed by atoms with Crippen LogP contribution in [0.3, 0.4) is 0 Å². The van der Waals surface area contributed by atoms with E-state index in [-0.39, 0.29) is 22.7 Å². The van der Waals surface area contributed by atoms with Crippen molar-refractivity contribution in [2.24, 2.45) is 11.3 Å². The molecule has 2 aromatic heterocycles. The fourth-order valence-corrected chi connectivity index (χ4v) is 7.04. The molecule has 3 aromatic rings. The van der Waals surface area contributed by atoms with Crippen molar-refractivity contribution in [3.8, 4) is 11.5 Å². The molecule has 3 heterocycles. The third kappa shape index (κ3) is 4.87. The number of ether oxygens (including phenoxy) is 2. The lowest BCUT2D eigenvalue weighted by Gasteiger charge is -2.53. The van der Waals surface area contributed by atoms with Gasteiger partial charge in [-0.15, -0.1) is 0 Å². The van der Waals surface area contributed by atoms with Crippen LogP contribution in [0, 0.1) is 11.3 Å². The Morgan fingerprint density at radius 2 is 1.82 bits per heavy atom. The molecule has 5 aliphatic rings. The zero-order valence-corrected chi connectivity index (χ0v) is 23.3. The molecule has 2 bridgehead atoms. The molecule has 1 saturated heterocycles. The second kappa shape index (κ2) is 10.4. The van der Waals surface area contributed by atoms with E-state index >= 15 is 0 Å². The zero-order valence-electron chi connectivity index (χ0n) is 23.3. The number of hydrogen-bond donors (Lipinski definition) is 0. The van der Waals surface area contributed by atoms with Crippen molar-refractivity contribution in [1.29, 1.82) is 0 Å².